The average Bonchev–Trinajstić information content (AvgIpc) is 3.41. The van der Waals surface area contributed by atoms with E-state index in [0.717, 1.165) is 41.8 Å². The molecule has 2 saturated heterocycles. The Hall–Kier alpha value is -3.73. The maximum absolute atomic E-state index is 13.2. The molecule has 218 valence electrons. The molecule has 0 aliphatic carbocycles. The van der Waals surface area contributed by atoms with Crippen LogP contribution in [0, 0.1) is 0 Å². The first kappa shape index (κ1) is 28.8. The van der Waals surface area contributed by atoms with E-state index in [0.29, 0.717) is 50.3 Å². The van der Waals surface area contributed by atoms with Gasteiger partial charge in [-0.25, -0.2) is 4.98 Å². The predicted molar refractivity (Wildman–Crippen MR) is 153 cm³/mol. The summed E-state index contributed by atoms with van der Waals surface area (Å²) in [5.74, 6) is 0.433. The largest absolute Gasteiger partial charge is 0.487 e. The number of carbonyl (C=O) groups is 2. The molecule has 0 radical (unpaired) electrons. The van der Waals surface area contributed by atoms with Crippen molar-refractivity contribution in [2.75, 3.05) is 19.8 Å². The van der Waals surface area contributed by atoms with Crippen LogP contribution in [-0.2, 0) is 31.4 Å². The van der Waals surface area contributed by atoms with Gasteiger partial charge in [-0.1, -0.05) is 6.07 Å². The maximum Gasteiger partial charge on any atom is 0.254 e. The average molecular weight is 562 g/mol. The first-order chi connectivity index (χ1) is 19.9. The number of hydrogen-bond acceptors (Lipinski definition) is 7. The monoisotopic (exact) mass is 561 g/mol. The normalized spacial score (nSPS) is 19.0. The lowest BCUT2D eigenvalue weighted by atomic mass is 9.93. The summed E-state index contributed by atoms with van der Waals surface area (Å²) in [4.78, 5) is 31.9. The number of morpholine rings is 1. The number of nitrogens with zero attached hydrogens (tertiary/aromatic N) is 3. The standard InChI is InChI=1S/C31H39N5O5/c1-35-20-33-15-27(35)19-41-29-12-10-21(24(13-29)14-32)9-11-28(37)16-34-30(38)22-5-7-23(8-6-22)31(39)36-25-3-2-4-26(36)18-40-17-25/h5-8,10,12-13,15,20,25-26,28,37H,2-4,9,11,14,16-19,32H2,1H3,(H,34,38)/t25?,26?,28-/m0/s1. The van der Waals surface area contributed by atoms with Gasteiger partial charge < -0.3 is 35.1 Å². The van der Waals surface area contributed by atoms with E-state index >= 15 is 0 Å². The second kappa shape index (κ2) is 13.3. The highest BCUT2D eigenvalue weighted by Gasteiger charge is 2.38. The van der Waals surface area contributed by atoms with E-state index in [1.165, 1.54) is 0 Å². The zero-order valence-corrected chi connectivity index (χ0v) is 23.5. The Morgan fingerprint density at radius 2 is 1.85 bits per heavy atom. The van der Waals surface area contributed by atoms with Crippen LogP contribution in [0.5, 0.6) is 5.75 Å². The Morgan fingerprint density at radius 1 is 1.12 bits per heavy atom. The van der Waals surface area contributed by atoms with Crippen LogP contribution >= 0.6 is 0 Å². The van der Waals surface area contributed by atoms with Gasteiger partial charge in [0.1, 0.15) is 12.4 Å². The molecular formula is C31H39N5O5. The molecule has 5 rings (SSSR count). The molecular weight excluding hydrogens is 522 g/mol. The van der Waals surface area contributed by atoms with Crippen molar-refractivity contribution in [1.82, 2.24) is 19.8 Å². The van der Waals surface area contributed by atoms with Gasteiger partial charge in [-0.15, -0.1) is 0 Å². The highest BCUT2D eigenvalue weighted by molar-refractivity contribution is 5.98. The summed E-state index contributed by atoms with van der Waals surface area (Å²) in [5.41, 5.74) is 9.96. The first-order valence-electron chi connectivity index (χ1n) is 14.3. The van der Waals surface area contributed by atoms with Gasteiger partial charge >= 0.3 is 0 Å². The fourth-order valence-electron chi connectivity index (χ4n) is 5.62. The summed E-state index contributed by atoms with van der Waals surface area (Å²) in [7, 11) is 1.92. The fraction of sp³-hybridized carbons (Fsp3) is 0.452. The summed E-state index contributed by atoms with van der Waals surface area (Å²) in [6.45, 7) is 2.07. The maximum atomic E-state index is 13.2. The molecule has 3 heterocycles. The number of carbonyl (C=O) groups excluding carboxylic acids is 2. The van der Waals surface area contributed by atoms with Gasteiger partial charge in [-0.05, 0) is 79.6 Å². The third-order valence-electron chi connectivity index (χ3n) is 8.06. The van der Waals surface area contributed by atoms with Crippen LogP contribution in [0.4, 0.5) is 0 Å². The number of hydrogen-bond donors (Lipinski definition) is 3. The van der Waals surface area contributed by atoms with Crippen molar-refractivity contribution in [3.63, 3.8) is 0 Å². The van der Waals surface area contributed by atoms with E-state index in [1.54, 1.807) is 36.8 Å². The van der Waals surface area contributed by atoms with E-state index in [1.807, 2.05) is 34.7 Å². The van der Waals surface area contributed by atoms with Crippen molar-refractivity contribution in [3.05, 3.63) is 82.9 Å². The molecule has 2 bridgehead atoms. The SMILES string of the molecule is Cn1cncc1COc1ccc(CC[C@H](O)CNC(=O)c2ccc(C(=O)N3C4CCCC3COC4)cc2)c(CN)c1. The Bertz CT molecular complexity index is 1320. The second-order valence-corrected chi connectivity index (χ2v) is 10.9. The van der Waals surface area contributed by atoms with Gasteiger partial charge in [0, 0.05) is 31.3 Å². The minimum atomic E-state index is -0.716. The number of ether oxygens (including phenoxy) is 2. The summed E-state index contributed by atoms with van der Waals surface area (Å²) in [6, 6.07) is 12.8. The molecule has 10 nitrogen and oxygen atoms in total. The molecule has 3 aromatic rings. The van der Waals surface area contributed by atoms with Gasteiger partial charge in [-0.2, -0.15) is 0 Å². The topological polar surface area (TPSA) is 132 Å². The van der Waals surface area contributed by atoms with Gasteiger partial charge in [0.25, 0.3) is 11.8 Å². The quantitative estimate of drug-likeness (QED) is 0.328. The molecule has 2 aliphatic rings. The molecule has 4 N–H and O–H groups in total. The van der Waals surface area contributed by atoms with Crippen molar-refractivity contribution in [2.45, 2.75) is 63.4 Å². The molecule has 0 saturated carbocycles. The molecule has 2 aliphatic heterocycles. The lowest BCUT2D eigenvalue weighted by Gasteiger charge is -2.45. The summed E-state index contributed by atoms with van der Waals surface area (Å²) >= 11 is 0. The van der Waals surface area contributed by atoms with E-state index < -0.39 is 6.10 Å². The van der Waals surface area contributed by atoms with E-state index in [4.69, 9.17) is 15.2 Å². The number of aryl methyl sites for hydroxylation is 2. The number of nitrogens with two attached hydrogens (primary N) is 1. The van der Waals surface area contributed by atoms with Crippen LogP contribution in [-0.4, -0.2) is 69.3 Å². The number of fused-ring (bicyclic) bond motifs is 2. The van der Waals surface area contributed by atoms with Crippen LogP contribution in [0.1, 0.15) is 63.2 Å². The van der Waals surface area contributed by atoms with Gasteiger partial charge in [0.15, 0.2) is 0 Å². The molecule has 41 heavy (non-hydrogen) atoms. The van der Waals surface area contributed by atoms with Crippen LogP contribution in [0.3, 0.4) is 0 Å². The smallest absolute Gasteiger partial charge is 0.254 e. The Kier molecular flexibility index (Phi) is 9.33. The van der Waals surface area contributed by atoms with Gasteiger partial charge in [0.05, 0.1) is 49.6 Å². The highest BCUT2D eigenvalue weighted by Crippen LogP contribution is 2.29. The van der Waals surface area contributed by atoms with Gasteiger partial charge in [0.2, 0.25) is 0 Å². The first-order valence-corrected chi connectivity index (χ1v) is 14.3. The molecule has 2 fully saturated rings. The zero-order chi connectivity index (χ0) is 28.8. The van der Waals surface area contributed by atoms with Crippen LogP contribution in [0.15, 0.2) is 55.0 Å². The fourth-order valence-corrected chi connectivity index (χ4v) is 5.62. The molecule has 10 heteroatoms. The molecule has 1 aromatic heterocycles. The van der Waals surface area contributed by atoms with E-state index in [-0.39, 0.29) is 30.4 Å². The zero-order valence-electron chi connectivity index (χ0n) is 23.5. The van der Waals surface area contributed by atoms with Crippen LogP contribution in [0.2, 0.25) is 0 Å². The predicted octanol–water partition coefficient (Wildman–Crippen LogP) is 2.57. The number of nitrogens with one attached hydrogen (secondary N) is 1. The third kappa shape index (κ3) is 6.95. The number of aromatic nitrogens is 2. The number of benzene rings is 2. The lowest BCUT2D eigenvalue weighted by molar-refractivity contribution is -0.0565. The Labute approximate surface area is 240 Å². The van der Waals surface area contributed by atoms with Crippen LogP contribution in [0.25, 0.3) is 0 Å². The lowest BCUT2D eigenvalue weighted by Crippen LogP contribution is -2.57. The highest BCUT2D eigenvalue weighted by atomic mass is 16.5. The molecule has 2 aromatic carbocycles. The number of aliphatic hydroxyl groups is 1. The Morgan fingerprint density at radius 3 is 2.54 bits per heavy atom. The number of amides is 2. The Balaban J connectivity index is 1.08. The van der Waals surface area contributed by atoms with Crippen molar-refractivity contribution in [2.24, 2.45) is 12.8 Å². The number of imidazole rings is 1. The molecule has 2 amide bonds. The summed E-state index contributed by atoms with van der Waals surface area (Å²) < 4.78 is 13.4. The number of piperidine rings is 1. The van der Waals surface area contributed by atoms with Crippen molar-refractivity contribution < 1.29 is 24.2 Å². The number of aliphatic hydroxyl groups excluding tert-OH is 1. The molecule has 2 unspecified atom stereocenters. The second-order valence-electron chi connectivity index (χ2n) is 10.9. The third-order valence-corrected chi connectivity index (χ3v) is 8.06. The summed E-state index contributed by atoms with van der Waals surface area (Å²) in [6.07, 6.45) is 6.92. The van der Waals surface area contributed by atoms with Crippen molar-refractivity contribution in [1.29, 1.82) is 0 Å². The molecule has 3 atom stereocenters. The minimum Gasteiger partial charge on any atom is -0.487 e. The number of rotatable bonds is 11. The molecule has 0 spiro atoms. The van der Waals surface area contributed by atoms with E-state index in [2.05, 4.69) is 10.3 Å². The van der Waals surface area contributed by atoms with Crippen LogP contribution < -0.4 is 15.8 Å². The van der Waals surface area contributed by atoms with E-state index in [9.17, 15) is 14.7 Å². The van der Waals surface area contributed by atoms with Gasteiger partial charge in [-0.3, -0.25) is 9.59 Å². The van der Waals surface area contributed by atoms with Crippen molar-refractivity contribution in [3.8, 4) is 5.75 Å². The minimum absolute atomic E-state index is 0.00441. The summed E-state index contributed by atoms with van der Waals surface area (Å²) in [5, 5.41) is 13.3. The van der Waals surface area contributed by atoms with Crippen molar-refractivity contribution >= 4 is 11.8 Å².